The molecule has 132 valence electrons. The molecule has 1 aliphatic rings. The predicted molar refractivity (Wildman–Crippen MR) is 103 cm³/mol. The summed E-state index contributed by atoms with van der Waals surface area (Å²) in [5, 5.41) is 1.88. The van der Waals surface area contributed by atoms with E-state index in [0.29, 0.717) is 35.3 Å². The molecule has 1 fully saturated rings. The van der Waals surface area contributed by atoms with E-state index >= 15 is 0 Å². The van der Waals surface area contributed by atoms with Crippen LogP contribution in [0.4, 0.5) is 0 Å². The monoisotopic (exact) mass is 394 g/mol. The van der Waals surface area contributed by atoms with Crippen LogP contribution >= 0.6 is 34.3 Å². The van der Waals surface area contributed by atoms with Crippen molar-refractivity contribution < 1.29 is 9.59 Å². The minimum atomic E-state index is -0.398. The van der Waals surface area contributed by atoms with E-state index in [1.54, 1.807) is 15.9 Å². The number of amides is 2. The number of halogens is 1. The van der Waals surface area contributed by atoms with Crippen molar-refractivity contribution in [2.45, 2.75) is 25.4 Å². The van der Waals surface area contributed by atoms with Crippen molar-refractivity contribution in [2.24, 2.45) is 0 Å². The van der Waals surface area contributed by atoms with Gasteiger partial charge in [0.15, 0.2) is 0 Å². The Morgan fingerprint density at radius 1 is 1.40 bits per heavy atom. The third-order valence-electron chi connectivity index (χ3n) is 4.17. The van der Waals surface area contributed by atoms with Gasteiger partial charge >= 0.3 is 0 Å². The number of thiophene rings is 2. The van der Waals surface area contributed by atoms with E-state index in [1.165, 1.54) is 22.7 Å². The molecule has 0 bridgehead atoms. The smallest absolute Gasteiger partial charge is 0.264 e. The van der Waals surface area contributed by atoms with Crippen LogP contribution in [0.1, 0.15) is 27.4 Å². The molecular formula is C18H19ClN2O2S2. The molecule has 25 heavy (non-hydrogen) atoms. The Bertz CT molecular complexity index is 757. The molecule has 0 radical (unpaired) electrons. The van der Waals surface area contributed by atoms with E-state index in [-0.39, 0.29) is 11.8 Å². The topological polar surface area (TPSA) is 40.6 Å². The van der Waals surface area contributed by atoms with E-state index in [0.717, 1.165) is 11.3 Å². The Labute approximate surface area is 160 Å². The summed E-state index contributed by atoms with van der Waals surface area (Å²) >= 11 is 8.87. The fourth-order valence-corrected chi connectivity index (χ4v) is 4.81. The quantitative estimate of drug-likeness (QED) is 0.686. The number of likely N-dealkylation sites (tertiary alicyclic amines) is 1. The van der Waals surface area contributed by atoms with Crippen LogP contribution in [0.3, 0.4) is 0 Å². The van der Waals surface area contributed by atoms with Gasteiger partial charge in [0.2, 0.25) is 5.91 Å². The van der Waals surface area contributed by atoms with Gasteiger partial charge < -0.3 is 9.80 Å². The maximum Gasteiger partial charge on any atom is 0.264 e. The second-order valence-electron chi connectivity index (χ2n) is 5.85. The molecule has 1 unspecified atom stereocenters. The van der Waals surface area contributed by atoms with Gasteiger partial charge in [0.25, 0.3) is 5.91 Å². The van der Waals surface area contributed by atoms with Crippen LogP contribution in [0.25, 0.3) is 0 Å². The lowest BCUT2D eigenvalue weighted by atomic mass is 10.1. The Morgan fingerprint density at radius 2 is 2.24 bits per heavy atom. The van der Waals surface area contributed by atoms with Crippen LogP contribution in [0.2, 0.25) is 4.34 Å². The molecule has 0 aromatic carbocycles. The SMILES string of the molecule is C=CCN(Cc1ccc(Cl)s1)C(=O)C1CCCN1C(=O)c1cccs1. The number of rotatable bonds is 6. The highest BCUT2D eigenvalue weighted by Crippen LogP contribution is 2.26. The second-order valence-corrected chi connectivity index (χ2v) is 8.59. The highest BCUT2D eigenvalue weighted by Gasteiger charge is 2.37. The van der Waals surface area contributed by atoms with Gasteiger partial charge in [-0.1, -0.05) is 23.7 Å². The standard InChI is InChI=1S/C18H19ClN2O2S2/c1-2-9-20(12-13-7-8-16(19)25-13)17(22)14-5-3-10-21(14)18(23)15-6-4-11-24-15/h2,4,6-8,11,14H,1,3,5,9-10,12H2. The largest absolute Gasteiger partial charge is 0.332 e. The maximum atomic E-state index is 13.1. The summed E-state index contributed by atoms with van der Waals surface area (Å²) in [6.45, 7) is 5.32. The molecular weight excluding hydrogens is 376 g/mol. The average Bonchev–Trinajstić information content (AvgIpc) is 3.35. The Kier molecular flexibility index (Phi) is 5.93. The predicted octanol–water partition coefficient (Wildman–Crippen LogP) is 4.28. The lowest BCUT2D eigenvalue weighted by Gasteiger charge is -2.29. The summed E-state index contributed by atoms with van der Waals surface area (Å²) in [4.78, 5) is 31.0. The Hall–Kier alpha value is -1.63. The van der Waals surface area contributed by atoms with E-state index in [4.69, 9.17) is 11.6 Å². The van der Waals surface area contributed by atoms with Crippen LogP contribution in [-0.2, 0) is 11.3 Å². The van der Waals surface area contributed by atoms with Crippen LogP contribution in [0, 0.1) is 0 Å². The van der Waals surface area contributed by atoms with Gasteiger partial charge in [-0.3, -0.25) is 9.59 Å². The highest BCUT2D eigenvalue weighted by atomic mass is 35.5. The Morgan fingerprint density at radius 3 is 2.88 bits per heavy atom. The van der Waals surface area contributed by atoms with Gasteiger partial charge in [-0.15, -0.1) is 29.3 Å². The van der Waals surface area contributed by atoms with Crippen molar-refractivity contribution in [1.29, 1.82) is 0 Å². The fourth-order valence-electron chi connectivity index (χ4n) is 3.03. The third kappa shape index (κ3) is 4.14. The van der Waals surface area contributed by atoms with Gasteiger partial charge in [-0.2, -0.15) is 0 Å². The minimum absolute atomic E-state index is 0.0215. The summed E-state index contributed by atoms with van der Waals surface area (Å²) in [6.07, 6.45) is 3.27. The van der Waals surface area contributed by atoms with E-state index in [2.05, 4.69) is 6.58 Å². The first-order valence-electron chi connectivity index (χ1n) is 8.08. The van der Waals surface area contributed by atoms with Crippen LogP contribution < -0.4 is 0 Å². The highest BCUT2D eigenvalue weighted by molar-refractivity contribution is 7.16. The molecule has 1 aliphatic heterocycles. The van der Waals surface area contributed by atoms with E-state index in [9.17, 15) is 9.59 Å². The normalized spacial score (nSPS) is 16.8. The molecule has 0 spiro atoms. The number of carbonyl (C=O) groups excluding carboxylic acids is 2. The summed E-state index contributed by atoms with van der Waals surface area (Å²) in [5.41, 5.74) is 0. The van der Waals surface area contributed by atoms with Crippen LogP contribution in [-0.4, -0.2) is 40.7 Å². The fraction of sp³-hybridized carbons (Fsp3) is 0.333. The summed E-state index contributed by atoms with van der Waals surface area (Å²) < 4.78 is 0.705. The first-order valence-corrected chi connectivity index (χ1v) is 10.2. The summed E-state index contributed by atoms with van der Waals surface area (Å²) in [5.74, 6) is -0.0737. The van der Waals surface area contributed by atoms with Crippen molar-refractivity contribution in [3.05, 3.63) is 56.4 Å². The Balaban J connectivity index is 1.75. The van der Waals surface area contributed by atoms with Crippen LogP contribution in [0.15, 0.2) is 42.3 Å². The number of carbonyl (C=O) groups is 2. The van der Waals surface area contributed by atoms with Crippen molar-refractivity contribution in [2.75, 3.05) is 13.1 Å². The molecule has 0 saturated carbocycles. The molecule has 2 amide bonds. The lowest BCUT2D eigenvalue weighted by molar-refractivity contribution is -0.135. The van der Waals surface area contributed by atoms with Gasteiger partial charge in [0, 0.05) is 18.0 Å². The molecule has 2 aromatic rings. The summed E-state index contributed by atoms with van der Waals surface area (Å²) in [6, 6.07) is 7.03. The van der Waals surface area contributed by atoms with Gasteiger partial charge in [-0.25, -0.2) is 0 Å². The zero-order valence-corrected chi connectivity index (χ0v) is 16.1. The zero-order chi connectivity index (χ0) is 17.8. The lowest BCUT2D eigenvalue weighted by Crippen LogP contribution is -2.47. The molecule has 0 N–H and O–H groups in total. The average molecular weight is 395 g/mol. The first kappa shape index (κ1) is 18.2. The first-order chi connectivity index (χ1) is 12.1. The van der Waals surface area contributed by atoms with E-state index in [1.807, 2.05) is 29.6 Å². The molecule has 2 aromatic heterocycles. The van der Waals surface area contributed by atoms with Gasteiger partial charge in [-0.05, 0) is 36.4 Å². The summed E-state index contributed by atoms with van der Waals surface area (Å²) in [7, 11) is 0. The third-order valence-corrected chi connectivity index (χ3v) is 6.24. The second kappa shape index (κ2) is 8.17. The zero-order valence-electron chi connectivity index (χ0n) is 13.7. The maximum absolute atomic E-state index is 13.1. The van der Waals surface area contributed by atoms with Crippen molar-refractivity contribution in [1.82, 2.24) is 9.80 Å². The molecule has 1 saturated heterocycles. The van der Waals surface area contributed by atoms with Crippen molar-refractivity contribution in [3.63, 3.8) is 0 Å². The van der Waals surface area contributed by atoms with Gasteiger partial charge in [0.1, 0.15) is 6.04 Å². The van der Waals surface area contributed by atoms with Crippen molar-refractivity contribution in [3.8, 4) is 0 Å². The number of nitrogens with zero attached hydrogens (tertiary/aromatic N) is 2. The number of hydrogen-bond donors (Lipinski definition) is 0. The molecule has 3 heterocycles. The molecule has 3 rings (SSSR count). The molecule has 4 nitrogen and oxygen atoms in total. The van der Waals surface area contributed by atoms with Crippen LogP contribution in [0.5, 0.6) is 0 Å². The molecule has 1 atom stereocenters. The van der Waals surface area contributed by atoms with Crippen molar-refractivity contribution >= 4 is 46.1 Å². The molecule has 0 aliphatic carbocycles. The van der Waals surface area contributed by atoms with Gasteiger partial charge in [0.05, 0.1) is 15.8 Å². The van der Waals surface area contributed by atoms with E-state index < -0.39 is 6.04 Å². The molecule has 7 heteroatoms. The number of hydrogen-bond acceptors (Lipinski definition) is 4. The minimum Gasteiger partial charge on any atom is -0.332 e.